The zero-order chi connectivity index (χ0) is 15.0. The Balaban J connectivity index is 2.78. The van der Waals surface area contributed by atoms with Crippen LogP contribution in [0.25, 0.3) is 0 Å². The van der Waals surface area contributed by atoms with Crippen molar-refractivity contribution in [3.63, 3.8) is 0 Å². The average Bonchev–Trinajstić information content (AvgIpc) is 2.37. The molecule has 0 nitrogen and oxygen atoms in total. The molecule has 20 heavy (non-hydrogen) atoms. The van der Waals surface area contributed by atoms with E-state index in [0.717, 1.165) is 12.8 Å². The van der Waals surface area contributed by atoms with Gasteiger partial charge in [-0.25, -0.2) is 0 Å². The molecule has 1 unspecified atom stereocenters. The summed E-state index contributed by atoms with van der Waals surface area (Å²) in [5.41, 5.74) is 4.33. The van der Waals surface area contributed by atoms with Gasteiger partial charge in [0.15, 0.2) is 0 Å². The summed E-state index contributed by atoms with van der Waals surface area (Å²) in [5.74, 6) is 1.39. The maximum absolute atomic E-state index is 4.19. The molecular weight excluding hydrogens is 240 g/mol. The van der Waals surface area contributed by atoms with Crippen molar-refractivity contribution >= 4 is 0 Å². The predicted octanol–water partition coefficient (Wildman–Crippen LogP) is 6.62. The Morgan fingerprint density at radius 2 is 1.60 bits per heavy atom. The molecule has 0 heteroatoms. The third-order valence-corrected chi connectivity index (χ3v) is 4.30. The molecule has 0 spiro atoms. The van der Waals surface area contributed by atoms with Crippen LogP contribution in [0.2, 0.25) is 0 Å². The molecule has 0 saturated carbocycles. The quantitative estimate of drug-likeness (QED) is 0.471. The van der Waals surface area contributed by atoms with Gasteiger partial charge in [-0.2, -0.15) is 0 Å². The van der Waals surface area contributed by atoms with E-state index in [1.807, 2.05) is 0 Å². The van der Waals surface area contributed by atoms with Gasteiger partial charge in [-0.15, -0.1) is 0 Å². The van der Waals surface area contributed by atoms with Crippen molar-refractivity contribution in [1.82, 2.24) is 0 Å². The molecule has 0 aromatic carbocycles. The molecule has 0 saturated heterocycles. The molecule has 0 amide bonds. The van der Waals surface area contributed by atoms with Gasteiger partial charge in [0.25, 0.3) is 0 Å². The van der Waals surface area contributed by atoms with Gasteiger partial charge >= 0.3 is 0 Å². The number of rotatable bonds is 1. The summed E-state index contributed by atoms with van der Waals surface area (Å²) in [6.45, 7) is 13.4. The molecular formula is C20H32. The first-order valence-electron chi connectivity index (χ1n) is 8.16. The molecule has 112 valence electrons. The van der Waals surface area contributed by atoms with E-state index in [-0.39, 0.29) is 0 Å². The summed E-state index contributed by atoms with van der Waals surface area (Å²) in [7, 11) is 0. The van der Waals surface area contributed by atoms with Gasteiger partial charge in [0, 0.05) is 0 Å². The van der Waals surface area contributed by atoms with Crippen molar-refractivity contribution in [2.45, 2.75) is 66.2 Å². The Morgan fingerprint density at radius 3 is 2.25 bits per heavy atom. The van der Waals surface area contributed by atoms with Crippen molar-refractivity contribution in [1.29, 1.82) is 0 Å². The van der Waals surface area contributed by atoms with Crippen LogP contribution in [-0.4, -0.2) is 0 Å². The van der Waals surface area contributed by atoms with Crippen LogP contribution in [0.5, 0.6) is 0 Å². The first-order chi connectivity index (χ1) is 9.49. The molecule has 1 rings (SSSR count). The summed E-state index contributed by atoms with van der Waals surface area (Å²) in [4.78, 5) is 0. The molecule has 0 aliphatic heterocycles. The highest BCUT2D eigenvalue weighted by Crippen LogP contribution is 2.23. The third kappa shape index (κ3) is 6.93. The summed E-state index contributed by atoms with van der Waals surface area (Å²) in [6.07, 6.45) is 16.6. The van der Waals surface area contributed by atoms with Crippen LogP contribution < -0.4 is 0 Å². The van der Waals surface area contributed by atoms with Crippen LogP contribution in [0.4, 0.5) is 0 Å². The predicted molar refractivity (Wildman–Crippen MR) is 91.8 cm³/mol. The van der Waals surface area contributed by atoms with E-state index in [1.165, 1.54) is 36.8 Å². The first kappa shape index (κ1) is 17.0. The molecule has 0 aromatic rings. The van der Waals surface area contributed by atoms with Crippen LogP contribution in [-0.2, 0) is 0 Å². The Bertz CT molecular complexity index is 390. The number of hydrogen-bond acceptors (Lipinski definition) is 0. The Labute approximate surface area is 126 Å². The Hall–Kier alpha value is -1.04. The minimum Gasteiger partial charge on any atom is -0.0958 e. The normalized spacial score (nSPS) is 30.1. The minimum absolute atomic E-state index is 0.676. The topological polar surface area (TPSA) is 0 Å². The van der Waals surface area contributed by atoms with Crippen LogP contribution in [0.3, 0.4) is 0 Å². The highest BCUT2D eigenvalue weighted by Gasteiger charge is 2.10. The van der Waals surface area contributed by atoms with E-state index < -0.39 is 0 Å². The van der Waals surface area contributed by atoms with E-state index in [2.05, 4.69) is 58.6 Å². The van der Waals surface area contributed by atoms with Crippen molar-refractivity contribution < 1.29 is 0 Å². The lowest BCUT2D eigenvalue weighted by Gasteiger charge is -2.17. The fourth-order valence-corrected chi connectivity index (χ4v) is 2.64. The monoisotopic (exact) mass is 272 g/mol. The third-order valence-electron chi connectivity index (χ3n) is 4.30. The molecule has 1 aliphatic carbocycles. The van der Waals surface area contributed by atoms with E-state index >= 15 is 0 Å². The first-order valence-corrected chi connectivity index (χ1v) is 8.16. The SMILES string of the molecule is C=C1/C=C/C(C(C)C)CC/C(C)=C/CC/C(C)=C/CC1. The molecule has 0 fully saturated rings. The van der Waals surface area contributed by atoms with E-state index in [0.29, 0.717) is 11.8 Å². The maximum Gasteiger partial charge on any atom is -0.0204 e. The fourth-order valence-electron chi connectivity index (χ4n) is 2.64. The van der Waals surface area contributed by atoms with E-state index in [4.69, 9.17) is 0 Å². The zero-order valence-corrected chi connectivity index (χ0v) is 13.9. The minimum atomic E-state index is 0.676. The average molecular weight is 272 g/mol. The lowest BCUT2D eigenvalue weighted by atomic mass is 9.88. The maximum atomic E-state index is 4.19. The molecule has 0 radical (unpaired) electrons. The number of hydrogen-bond donors (Lipinski definition) is 0. The highest BCUT2D eigenvalue weighted by atomic mass is 14.2. The molecule has 1 aliphatic rings. The van der Waals surface area contributed by atoms with Gasteiger partial charge in [-0.1, -0.05) is 61.4 Å². The number of allylic oxidation sites excluding steroid dienone is 7. The van der Waals surface area contributed by atoms with Crippen molar-refractivity contribution in [3.05, 3.63) is 47.6 Å². The standard InChI is InChI=1S/C20H32/c1-16(2)20-14-12-18(4)10-6-8-17(3)9-7-11-19(5)13-15-20/h8,11-12,14,16,20H,4,6-7,9-10,13,15H2,1-3,5H3/b14-12+,17-8+,19-11+. The van der Waals surface area contributed by atoms with E-state index in [1.54, 1.807) is 5.57 Å². The molecule has 0 N–H and O–H groups in total. The van der Waals surface area contributed by atoms with Crippen molar-refractivity contribution in [3.8, 4) is 0 Å². The fraction of sp³-hybridized carbons (Fsp3) is 0.600. The lowest BCUT2D eigenvalue weighted by Crippen LogP contribution is -2.06. The van der Waals surface area contributed by atoms with Crippen LogP contribution >= 0.6 is 0 Å². The van der Waals surface area contributed by atoms with Gasteiger partial charge < -0.3 is 0 Å². The molecule has 0 bridgehead atoms. The van der Waals surface area contributed by atoms with Gasteiger partial charge in [0.05, 0.1) is 0 Å². The van der Waals surface area contributed by atoms with Gasteiger partial charge in [0.2, 0.25) is 0 Å². The Morgan fingerprint density at radius 1 is 1.00 bits per heavy atom. The van der Waals surface area contributed by atoms with Crippen LogP contribution in [0, 0.1) is 11.8 Å². The smallest absolute Gasteiger partial charge is 0.0204 e. The van der Waals surface area contributed by atoms with Crippen LogP contribution in [0.15, 0.2) is 47.6 Å². The highest BCUT2D eigenvalue weighted by molar-refractivity contribution is 5.17. The van der Waals surface area contributed by atoms with Gasteiger partial charge in [0.1, 0.15) is 0 Å². The second-order valence-electron chi connectivity index (χ2n) is 6.64. The Kier molecular flexibility index (Phi) is 7.65. The summed E-state index contributed by atoms with van der Waals surface area (Å²) < 4.78 is 0. The zero-order valence-electron chi connectivity index (χ0n) is 13.9. The largest absolute Gasteiger partial charge is 0.0958 e. The van der Waals surface area contributed by atoms with E-state index in [9.17, 15) is 0 Å². The second-order valence-corrected chi connectivity index (χ2v) is 6.64. The summed E-state index contributed by atoms with van der Waals surface area (Å²) >= 11 is 0. The molecule has 1 atom stereocenters. The van der Waals surface area contributed by atoms with Crippen molar-refractivity contribution in [2.24, 2.45) is 11.8 Å². The van der Waals surface area contributed by atoms with Crippen LogP contribution in [0.1, 0.15) is 66.2 Å². The van der Waals surface area contributed by atoms with Gasteiger partial charge in [-0.3, -0.25) is 0 Å². The van der Waals surface area contributed by atoms with Crippen molar-refractivity contribution in [2.75, 3.05) is 0 Å². The second kappa shape index (κ2) is 9.00. The lowest BCUT2D eigenvalue weighted by molar-refractivity contribution is 0.435. The van der Waals surface area contributed by atoms with Gasteiger partial charge in [-0.05, 0) is 64.2 Å². The molecule has 0 heterocycles. The molecule has 0 aromatic heterocycles. The summed E-state index contributed by atoms with van der Waals surface area (Å²) in [5, 5.41) is 0. The summed E-state index contributed by atoms with van der Waals surface area (Å²) in [6, 6.07) is 0.